The zero-order valence-electron chi connectivity index (χ0n) is 10.8. The Labute approximate surface area is 94.5 Å². The summed E-state index contributed by atoms with van der Waals surface area (Å²) in [6, 6.07) is 2.91. The molecular formula is C12H25N3. The van der Waals surface area contributed by atoms with Crippen LogP contribution >= 0.6 is 0 Å². The standard InChI is InChI=1S/C12H25N3/c1-6-15(11(2)3)9-7-8-12(4,10-13)14-5/h11,14H,6-9H2,1-5H3. The maximum atomic E-state index is 8.99. The van der Waals surface area contributed by atoms with E-state index in [-0.39, 0.29) is 5.54 Å². The first-order valence-electron chi connectivity index (χ1n) is 5.83. The van der Waals surface area contributed by atoms with Gasteiger partial charge in [0.15, 0.2) is 0 Å². The smallest absolute Gasteiger partial charge is 0.103 e. The number of hydrogen-bond donors (Lipinski definition) is 1. The van der Waals surface area contributed by atoms with E-state index in [4.69, 9.17) is 5.26 Å². The highest BCUT2D eigenvalue weighted by atomic mass is 15.1. The lowest BCUT2D eigenvalue weighted by Gasteiger charge is -2.27. The maximum absolute atomic E-state index is 8.99. The molecule has 0 amide bonds. The lowest BCUT2D eigenvalue weighted by atomic mass is 9.98. The molecule has 0 saturated carbocycles. The van der Waals surface area contributed by atoms with E-state index in [0.717, 1.165) is 25.9 Å². The molecule has 1 unspecified atom stereocenters. The molecule has 0 aromatic heterocycles. The monoisotopic (exact) mass is 211 g/mol. The molecule has 1 N–H and O–H groups in total. The van der Waals surface area contributed by atoms with Crippen LogP contribution in [0.5, 0.6) is 0 Å². The second-order valence-electron chi connectivity index (χ2n) is 4.52. The van der Waals surface area contributed by atoms with E-state index >= 15 is 0 Å². The molecule has 0 rings (SSSR count). The molecule has 0 heterocycles. The first-order valence-corrected chi connectivity index (χ1v) is 5.83. The molecular weight excluding hydrogens is 186 g/mol. The Hall–Kier alpha value is -0.590. The normalized spacial score (nSPS) is 15.3. The van der Waals surface area contributed by atoms with Crippen molar-refractivity contribution in [3.63, 3.8) is 0 Å². The third-order valence-corrected chi connectivity index (χ3v) is 3.06. The minimum absolute atomic E-state index is 0.365. The summed E-state index contributed by atoms with van der Waals surface area (Å²) < 4.78 is 0. The average Bonchev–Trinajstić information content (AvgIpc) is 2.23. The Morgan fingerprint density at radius 1 is 1.47 bits per heavy atom. The van der Waals surface area contributed by atoms with Crippen molar-refractivity contribution >= 4 is 0 Å². The molecule has 3 nitrogen and oxygen atoms in total. The number of hydrogen-bond acceptors (Lipinski definition) is 3. The first-order chi connectivity index (χ1) is 6.99. The molecule has 0 aliphatic rings. The van der Waals surface area contributed by atoms with Crippen LogP contribution in [0, 0.1) is 11.3 Å². The van der Waals surface area contributed by atoms with Crippen LogP contribution in [0.25, 0.3) is 0 Å². The highest BCUT2D eigenvalue weighted by Gasteiger charge is 2.20. The zero-order chi connectivity index (χ0) is 11.9. The molecule has 0 aliphatic heterocycles. The second kappa shape index (κ2) is 6.81. The largest absolute Gasteiger partial charge is 0.303 e. The Bertz CT molecular complexity index is 207. The number of nitrogens with one attached hydrogen (secondary N) is 1. The van der Waals surface area contributed by atoms with Crippen molar-refractivity contribution in [2.24, 2.45) is 0 Å². The highest BCUT2D eigenvalue weighted by molar-refractivity contribution is 5.02. The van der Waals surface area contributed by atoms with Gasteiger partial charge in [-0.15, -0.1) is 0 Å². The van der Waals surface area contributed by atoms with Crippen LogP contribution in [-0.2, 0) is 0 Å². The van der Waals surface area contributed by atoms with E-state index in [0.29, 0.717) is 6.04 Å². The molecule has 0 aromatic carbocycles. The topological polar surface area (TPSA) is 39.1 Å². The molecule has 0 saturated heterocycles. The molecule has 0 aromatic rings. The third-order valence-electron chi connectivity index (χ3n) is 3.06. The van der Waals surface area contributed by atoms with Gasteiger partial charge in [-0.2, -0.15) is 5.26 Å². The highest BCUT2D eigenvalue weighted by Crippen LogP contribution is 2.11. The summed E-state index contributed by atoms with van der Waals surface area (Å²) in [4.78, 5) is 2.42. The Balaban J connectivity index is 3.92. The summed E-state index contributed by atoms with van der Waals surface area (Å²) in [6.45, 7) is 10.7. The molecule has 0 fully saturated rings. The third kappa shape index (κ3) is 5.15. The van der Waals surface area contributed by atoms with Gasteiger partial charge in [-0.1, -0.05) is 6.92 Å². The minimum Gasteiger partial charge on any atom is -0.303 e. The van der Waals surface area contributed by atoms with Crippen LogP contribution in [0.3, 0.4) is 0 Å². The van der Waals surface area contributed by atoms with Gasteiger partial charge in [0.25, 0.3) is 0 Å². The molecule has 0 radical (unpaired) electrons. The Kier molecular flexibility index (Phi) is 6.55. The fraction of sp³-hybridized carbons (Fsp3) is 0.917. The van der Waals surface area contributed by atoms with E-state index in [1.165, 1.54) is 0 Å². The zero-order valence-corrected chi connectivity index (χ0v) is 10.8. The van der Waals surface area contributed by atoms with E-state index in [1.54, 1.807) is 0 Å². The van der Waals surface area contributed by atoms with Gasteiger partial charge in [-0.25, -0.2) is 0 Å². The van der Waals surface area contributed by atoms with Crippen LogP contribution in [-0.4, -0.2) is 36.6 Å². The van der Waals surface area contributed by atoms with Gasteiger partial charge in [0.2, 0.25) is 0 Å². The van der Waals surface area contributed by atoms with Gasteiger partial charge in [-0.05, 0) is 53.8 Å². The Morgan fingerprint density at radius 3 is 2.40 bits per heavy atom. The SMILES string of the molecule is CCN(CCCC(C)(C#N)NC)C(C)C. The molecule has 0 bridgehead atoms. The number of nitrogens with zero attached hydrogens (tertiary/aromatic N) is 2. The van der Waals surface area contributed by atoms with Crippen molar-refractivity contribution in [1.29, 1.82) is 5.26 Å². The van der Waals surface area contributed by atoms with Crippen LogP contribution < -0.4 is 5.32 Å². The Morgan fingerprint density at radius 2 is 2.07 bits per heavy atom. The fourth-order valence-electron chi connectivity index (χ4n) is 1.65. The molecule has 3 heteroatoms. The van der Waals surface area contributed by atoms with E-state index < -0.39 is 0 Å². The van der Waals surface area contributed by atoms with Crippen molar-refractivity contribution in [2.75, 3.05) is 20.1 Å². The first kappa shape index (κ1) is 14.4. The summed E-state index contributed by atoms with van der Waals surface area (Å²) in [6.07, 6.45) is 1.97. The predicted molar refractivity (Wildman–Crippen MR) is 64.7 cm³/mol. The molecule has 1 atom stereocenters. The van der Waals surface area contributed by atoms with Crippen LogP contribution in [0.15, 0.2) is 0 Å². The van der Waals surface area contributed by atoms with Gasteiger partial charge >= 0.3 is 0 Å². The summed E-state index contributed by atoms with van der Waals surface area (Å²) >= 11 is 0. The van der Waals surface area contributed by atoms with E-state index in [2.05, 4.69) is 37.1 Å². The number of nitriles is 1. The lowest BCUT2D eigenvalue weighted by molar-refractivity contribution is 0.222. The predicted octanol–water partition coefficient (Wildman–Crippen LogP) is 2.00. The van der Waals surface area contributed by atoms with Crippen LogP contribution in [0.2, 0.25) is 0 Å². The van der Waals surface area contributed by atoms with Crippen molar-refractivity contribution in [1.82, 2.24) is 10.2 Å². The van der Waals surface area contributed by atoms with Crippen molar-refractivity contribution in [3.8, 4) is 6.07 Å². The summed E-state index contributed by atoms with van der Waals surface area (Å²) in [7, 11) is 1.85. The van der Waals surface area contributed by atoms with Gasteiger partial charge in [0, 0.05) is 6.04 Å². The van der Waals surface area contributed by atoms with Crippen molar-refractivity contribution in [2.45, 2.75) is 52.1 Å². The van der Waals surface area contributed by atoms with Gasteiger partial charge in [-0.3, -0.25) is 0 Å². The summed E-state index contributed by atoms with van der Waals surface area (Å²) in [5.74, 6) is 0. The van der Waals surface area contributed by atoms with E-state index in [1.807, 2.05) is 14.0 Å². The van der Waals surface area contributed by atoms with Gasteiger partial charge < -0.3 is 10.2 Å². The number of rotatable bonds is 7. The minimum atomic E-state index is -0.365. The van der Waals surface area contributed by atoms with E-state index in [9.17, 15) is 0 Å². The molecule has 15 heavy (non-hydrogen) atoms. The lowest BCUT2D eigenvalue weighted by Crippen LogP contribution is -2.39. The van der Waals surface area contributed by atoms with Crippen molar-refractivity contribution in [3.05, 3.63) is 0 Å². The summed E-state index contributed by atoms with van der Waals surface area (Å²) in [5.41, 5.74) is -0.365. The fourth-order valence-corrected chi connectivity index (χ4v) is 1.65. The maximum Gasteiger partial charge on any atom is 0.103 e. The van der Waals surface area contributed by atoms with Crippen LogP contribution in [0.1, 0.15) is 40.5 Å². The quantitative estimate of drug-likeness (QED) is 0.700. The average molecular weight is 211 g/mol. The van der Waals surface area contributed by atoms with Gasteiger partial charge in [0.1, 0.15) is 5.54 Å². The second-order valence-corrected chi connectivity index (χ2v) is 4.52. The van der Waals surface area contributed by atoms with Crippen LogP contribution in [0.4, 0.5) is 0 Å². The van der Waals surface area contributed by atoms with Crippen molar-refractivity contribution < 1.29 is 0 Å². The van der Waals surface area contributed by atoms with Gasteiger partial charge in [0.05, 0.1) is 6.07 Å². The molecule has 0 aliphatic carbocycles. The molecule has 0 spiro atoms. The summed E-state index contributed by atoms with van der Waals surface area (Å²) in [5, 5.41) is 12.1. The molecule has 88 valence electrons.